The first-order valence-corrected chi connectivity index (χ1v) is 7.67. The molecule has 0 spiro atoms. The SMILES string of the molecule is CCC(NCC1CCCC1O)c1ccc(Br)cc1. The number of nitrogens with one attached hydrogen (secondary N) is 1. The molecule has 1 aliphatic rings. The van der Waals surface area contributed by atoms with Crippen LogP contribution in [-0.4, -0.2) is 17.8 Å². The van der Waals surface area contributed by atoms with Crippen molar-refractivity contribution in [1.82, 2.24) is 5.32 Å². The van der Waals surface area contributed by atoms with E-state index in [1.165, 1.54) is 12.0 Å². The van der Waals surface area contributed by atoms with Gasteiger partial charge < -0.3 is 10.4 Å². The Kier molecular flexibility index (Phi) is 5.22. The van der Waals surface area contributed by atoms with Gasteiger partial charge in [0.25, 0.3) is 0 Å². The van der Waals surface area contributed by atoms with Gasteiger partial charge >= 0.3 is 0 Å². The van der Waals surface area contributed by atoms with Gasteiger partial charge in [-0.15, -0.1) is 0 Å². The van der Waals surface area contributed by atoms with Gasteiger partial charge in [0.2, 0.25) is 0 Å². The van der Waals surface area contributed by atoms with Gasteiger partial charge in [0, 0.05) is 17.1 Å². The van der Waals surface area contributed by atoms with Crippen LogP contribution in [0.4, 0.5) is 0 Å². The molecule has 0 amide bonds. The molecule has 3 heteroatoms. The average molecular weight is 312 g/mol. The molecule has 0 aliphatic heterocycles. The standard InChI is InChI=1S/C15H22BrNO/c1-2-14(11-6-8-13(16)9-7-11)17-10-12-4-3-5-15(12)18/h6-9,12,14-15,17-18H,2-5,10H2,1H3. The van der Waals surface area contributed by atoms with Gasteiger partial charge in [0.05, 0.1) is 6.10 Å². The molecule has 3 atom stereocenters. The minimum Gasteiger partial charge on any atom is -0.393 e. The van der Waals surface area contributed by atoms with E-state index in [1.54, 1.807) is 0 Å². The van der Waals surface area contributed by atoms with E-state index in [0.717, 1.165) is 30.3 Å². The molecule has 0 saturated heterocycles. The first kappa shape index (κ1) is 14.0. The van der Waals surface area contributed by atoms with Crippen molar-refractivity contribution in [3.63, 3.8) is 0 Å². The number of hydrogen-bond acceptors (Lipinski definition) is 2. The third kappa shape index (κ3) is 3.56. The lowest BCUT2D eigenvalue weighted by Gasteiger charge is -2.22. The predicted molar refractivity (Wildman–Crippen MR) is 78.5 cm³/mol. The number of hydrogen-bond donors (Lipinski definition) is 2. The van der Waals surface area contributed by atoms with Crippen molar-refractivity contribution in [2.75, 3.05) is 6.54 Å². The van der Waals surface area contributed by atoms with E-state index in [0.29, 0.717) is 12.0 Å². The van der Waals surface area contributed by atoms with Crippen molar-refractivity contribution in [2.45, 2.75) is 44.8 Å². The fourth-order valence-electron chi connectivity index (χ4n) is 2.74. The van der Waals surface area contributed by atoms with Crippen LogP contribution in [0.1, 0.15) is 44.2 Å². The van der Waals surface area contributed by atoms with Crippen LogP contribution in [0.3, 0.4) is 0 Å². The maximum Gasteiger partial charge on any atom is 0.0580 e. The van der Waals surface area contributed by atoms with E-state index in [9.17, 15) is 5.11 Å². The van der Waals surface area contributed by atoms with E-state index in [4.69, 9.17) is 0 Å². The van der Waals surface area contributed by atoms with Crippen LogP contribution >= 0.6 is 15.9 Å². The van der Waals surface area contributed by atoms with Crippen LogP contribution in [0.15, 0.2) is 28.7 Å². The van der Waals surface area contributed by atoms with Gasteiger partial charge in [0.15, 0.2) is 0 Å². The van der Waals surface area contributed by atoms with Crippen LogP contribution in [0, 0.1) is 5.92 Å². The van der Waals surface area contributed by atoms with E-state index in [2.05, 4.69) is 52.4 Å². The molecule has 3 unspecified atom stereocenters. The molecule has 1 aliphatic carbocycles. The number of aliphatic hydroxyl groups excluding tert-OH is 1. The van der Waals surface area contributed by atoms with Gasteiger partial charge in [-0.3, -0.25) is 0 Å². The molecule has 2 N–H and O–H groups in total. The number of rotatable bonds is 5. The number of halogens is 1. The van der Waals surface area contributed by atoms with Crippen molar-refractivity contribution in [1.29, 1.82) is 0 Å². The molecular formula is C15H22BrNO. The van der Waals surface area contributed by atoms with E-state index in [1.807, 2.05) is 0 Å². The normalized spacial score (nSPS) is 25.3. The monoisotopic (exact) mass is 311 g/mol. The summed E-state index contributed by atoms with van der Waals surface area (Å²) in [6, 6.07) is 8.90. The Morgan fingerprint density at radius 3 is 2.61 bits per heavy atom. The van der Waals surface area contributed by atoms with E-state index < -0.39 is 0 Å². The summed E-state index contributed by atoms with van der Waals surface area (Å²) in [6.45, 7) is 3.13. The van der Waals surface area contributed by atoms with Crippen LogP contribution in [0.5, 0.6) is 0 Å². The predicted octanol–water partition coefficient (Wildman–Crippen LogP) is 3.65. The summed E-state index contributed by atoms with van der Waals surface area (Å²) >= 11 is 3.46. The van der Waals surface area contributed by atoms with Crippen molar-refractivity contribution in [2.24, 2.45) is 5.92 Å². The summed E-state index contributed by atoms with van der Waals surface area (Å²) in [6.07, 6.45) is 4.28. The Labute approximate surface area is 118 Å². The number of benzene rings is 1. The fraction of sp³-hybridized carbons (Fsp3) is 0.600. The van der Waals surface area contributed by atoms with Crippen molar-refractivity contribution in [3.8, 4) is 0 Å². The highest BCUT2D eigenvalue weighted by molar-refractivity contribution is 9.10. The summed E-state index contributed by atoms with van der Waals surface area (Å²) in [7, 11) is 0. The minimum atomic E-state index is -0.0973. The molecule has 2 rings (SSSR count). The van der Waals surface area contributed by atoms with Gasteiger partial charge in [-0.25, -0.2) is 0 Å². The van der Waals surface area contributed by atoms with Crippen LogP contribution in [-0.2, 0) is 0 Å². The quantitative estimate of drug-likeness (QED) is 0.870. The zero-order valence-electron chi connectivity index (χ0n) is 10.9. The molecule has 2 nitrogen and oxygen atoms in total. The lowest BCUT2D eigenvalue weighted by Crippen LogP contribution is -2.30. The second-order valence-corrected chi connectivity index (χ2v) is 6.09. The highest BCUT2D eigenvalue weighted by Gasteiger charge is 2.25. The largest absolute Gasteiger partial charge is 0.393 e. The van der Waals surface area contributed by atoms with Crippen molar-refractivity contribution in [3.05, 3.63) is 34.3 Å². The molecule has 18 heavy (non-hydrogen) atoms. The van der Waals surface area contributed by atoms with Gasteiger partial charge in [-0.1, -0.05) is 41.4 Å². The lowest BCUT2D eigenvalue weighted by molar-refractivity contribution is 0.129. The third-order valence-electron chi connectivity index (χ3n) is 3.93. The summed E-state index contributed by atoms with van der Waals surface area (Å²) < 4.78 is 1.12. The van der Waals surface area contributed by atoms with Crippen LogP contribution < -0.4 is 5.32 Å². The van der Waals surface area contributed by atoms with Gasteiger partial charge in [-0.2, -0.15) is 0 Å². The smallest absolute Gasteiger partial charge is 0.0580 e. The second-order valence-electron chi connectivity index (χ2n) is 5.18. The molecule has 0 heterocycles. The fourth-order valence-corrected chi connectivity index (χ4v) is 3.01. The summed E-state index contributed by atoms with van der Waals surface area (Å²) in [5, 5.41) is 13.4. The molecule has 100 valence electrons. The lowest BCUT2D eigenvalue weighted by atomic mass is 10.0. The van der Waals surface area contributed by atoms with E-state index >= 15 is 0 Å². The summed E-state index contributed by atoms with van der Waals surface area (Å²) in [4.78, 5) is 0. The highest BCUT2D eigenvalue weighted by atomic mass is 79.9. The average Bonchev–Trinajstić information content (AvgIpc) is 2.78. The molecule has 1 aromatic carbocycles. The van der Waals surface area contributed by atoms with Crippen molar-refractivity contribution < 1.29 is 5.11 Å². The van der Waals surface area contributed by atoms with Crippen LogP contribution in [0.2, 0.25) is 0 Å². The Morgan fingerprint density at radius 2 is 2.06 bits per heavy atom. The zero-order valence-corrected chi connectivity index (χ0v) is 12.5. The van der Waals surface area contributed by atoms with Crippen LogP contribution in [0.25, 0.3) is 0 Å². The maximum atomic E-state index is 9.84. The molecule has 0 radical (unpaired) electrons. The summed E-state index contributed by atoms with van der Waals surface area (Å²) in [5.41, 5.74) is 1.33. The Morgan fingerprint density at radius 1 is 1.33 bits per heavy atom. The molecule has 1 saturated carbocycles. The molecule has 0 bridgehead atoms. The minimum absolute atomic E-state index is 0.0973. The Hall–Kier alpha value is -0.380. The third-order valence-corrected chi connectivity index (χ3v) is 4.45. The molecule has 0 aromatic heterocycles. The number of aliphatic hydroxyl groups is 1. The highest BCUT2D eigenvalue weighted by Crippen LogP contribution is 2.26. The van der Waals surface area contributed by atoms with Gasteiger partial charge in [-0.05, 0) is 42.9 Å². The first-order chi connectivity index (χ1) is 8.70. The van der Waals surface area contributed by atoms with Crippen molar-refractivity contribution >= 4 is 15.9 Å². The van der Waals surface area contributed by atoms with Gasteiger partial charge in [0.1, 0.15) is 0 Å². The Balaban J connectivity index is 1.91. The molecular weight excluding hydrogens is 290 g/mol. The Bertz CT molecular complexity index is 365. The topological polar surface area (TPSA) is 32.3 Å². The maximum absolute atomic E-state index is 9.84. The van der Waals surface area contributed by atoms with E-state index in [-0.39, 0.29) is 6.10 Å². The second kappa shape index (κ2) is 6.69. The summed E-state index contributed by atoms with van der Waals surface area (Å²) in [5.74, 6) is 0.439. The first-order valence-electron chi connectivity index (χ1n) is 6.87. The molecule has 1 fully saturated rings. The zero-order chi connectivity index (χ0) is 13.0. The molecule has 1 aromatic rings.